The summed E-state index contributed by atoms with van der Waals surface area (Å²) in [5.74, 6) is 1.21. The summed E-state index contributed by atoms with van der Waals surface area (Å²) in [5, 5.41) is 6.74. The smallest absolute Gasteiger partial charge is 0.222 e. The number of aliphatic imine (C=N–C) groups is 1. The third kappa shape index (κ3) is 7.91. The van der Waals surface area contributed by atoms with E-state index < -0.39 is 0 Å². The minimum atomic E-state index is 0.305. The lowest BCUT2D eigenvalue weighted by atomic mass is 10.2. The number of carbonyl (C=O) groups excluding carboxylic acids is 1. The van der Waals surface area contributed by atoms with Gasteiger partial charge in [0.1, 0.15) is 0 Å². The number of nitrogens with zero attached hydrogens (tertiary/aromatic N) is 4. The normalized spacial score (nSPS) is 20.0. The first-order valence-corrected chi connectivity index (χ1v) is 10.4. The highest BCUT2D eigenvalue weighted by atomic mass is 16.2. The summed E-state index contributed by atoms with van der Waals surface area (Å²) in [6.45, 7) is 12.4. The van der Waals surface area contributed by atoms with Crippen LogP contribution in [0.4, 0.5) is 0 Å². The maximum absolute atomic E-state index is 11.6. The van der Waals surface area contributed by atoms with E-state index in [0.29, 0.717) is 5.91 Å². The first kappa shape index (κ1) is 21.0. The standard InChI is InChI=1S/C19H38N6O/c1-3-20-19(22-10-7-13-25-12-6-8-18(25)26)21-9-4-5-11-24-16-14-23(2)15-17-24/h3-17H2,1-2H3,(H2,20,21,22). The number of hydrogen-bond acceptors (Lipinski definition) is 4. The molecular weight excluding hydrogens is 328 g/mol. The Labute approximate surface area is 159 Å². The lowest BCUT2D eigenvalue weighted by molar-refractivity contribution is -0.127. The van der Waals surface area contributed by atoms with Crippen molar-refractivity contribution in [2.75, 3.05) is 72.5 Å². The van der Waals surface area contributed by atoms with E-state index in [4.69, 9.17) is 0 Å². The Morgan fingerprint density at radius 2 is 1.85 bits per heavy atom. The van der Waals surface area contributed by atoms with Crippen molar-refractivity contribution in [1.82, 2.24) is 25.3 Å². The molecule has 0 bridgehead atoms. The predicted octanol–water partition coefficient (Wildman–Crippen LogP) is 0.582. The van der Waals surface area contributed by atoms with Crippen molar-refractivity contribution in [2.24, 2.45) is 4.99 Å². The van der Waals surface area contributed by atoms with E-state index in [1.54, 1.807) is 0 Å². The molecule has 0 spiro atoms. The van der Waals surface area contributed by atoms with Crippen molar-refractivity contribution in [3.63, 3.8) is 0 Å². The highest BCUT2D eigenvalue weighted by molar-refractivity contribution is 5.79. The lowest BCUT2D eigenvalue weighted by Gasteiger charge is -2.32. The number of unbranched alkanes of at least 4 members (excludes halogenated alkanes) is 1. The van der Waals surface area contributed by atoms with E-state index in [2.05, 4.69) is 39.4 Å². The molecule has 2 saturated heterocycles. The van der Waals surface area contributed by atoms with Crippen molar-refractivity contribution in [3.8, 4) is 0 Å². The maximum Gasteiger partial charge on any atom is 0.222 e. The average Bonchev–Trinajstić information content (AvgIpc) is 3.05. The third-order valence-corrected chi connectivity index (χ3v) is 5.16. The van der Waals surface area contributed by atoms with Gasteiger partial charge in [0.2, 0.25) is 5.91 Å². The first-order chi connectivity index (χ1) is 12.7. The zero-order chi connectivity index (χ0) is 18.6. The van der Waals surface area contributed by atoms with Gasteiger partial charge in [0.25, 0.3) is 0 Å². The highest BCUT2D eigenvalue weighted by Crippen LogP contribution is 2.09. The summed E-state index contributed by atoms with van der Waals surface area (Å²) in [4.78, 5) is 23.2. The molecule has 0 saturated carbocycles. The number of carbonyl (C=O) groups is 1. The molecule has 2 N–H and O–H groups in total. The fourth-order valence-electron chi connectivity index (χ4n) is 3.47. The lowest BCUT2D eigenvalue weighted by Crippen LogP contribution is -2.44. The van der Waals surface area contributed by atoms with Gasteiger partial charge in [-0.25, -0.2) is 0 Å². The number of rotatable bonds is 10. The van der Waals surface area contributed by atoms with Gasteiger partial charge in [0.15, 0.2) is 5.96 Å². The minimum absolute atomic E-state index is 0.305. The topological polar surface area (TPSA) is 63.2 Å². The molecule has 0 aromatic rings. The summed E-state index contributed by atoms with van der Waals surface area (Å²) in [5.41, 5.74) is 0. The van der Waals surface area contributed by atoms with Crippen LogP contribution in [0.25, 0.3) is 0 Å². The molecule has 0 unspecified atom stereocenters. The largest absolute Gasteiger partial charge is 0.357 e. The number of amides is 1. The molecule has 2 rings (SSSR count). The molecule has 2 fully saturated rings. The van der Waals surface area contributed by atoms with Crippen molar-refractivity contribution in [1.29, 1.82) is 0 Å². The summed E-state index contributed by atoms with van der Waals surface area (Å²) in [6.07, 6.45) is 5.07. The molecule has 7 heteroatoms. The Morgan fingerprint density at radius 3 is 2.54 bits per heavy atom. The van der Waals surface area contributed by atoms with Crippen LogP contribution >= 0.6 is 0 Å². The molecule has 7 nitrogen and oxygen atoms in total. The molecule has 0 aromatic carbocycles. The first-order valence-electron chi connectivity index (χ1n) is 10.4. The number of guanidine groups is 1. The second-order valence-electron chi connectivity index (χ2n) is 7.38. The zero-order valence-electron chi connectivity index (χ0n) is 16.8. The van der Waals surface area contributed by atoms with Gasteiger partial charge in [0, 0.05) is 65.3 Å². The van der Waals surface area contributed by atoms with Gasteiger partial charge in [-0.05, 0) is 46.2 Å². The van der Waals surface area contributed by atoms with E-state index in [0.717, 1.165) is 57.9 Å². The van der Waals surface area contributed by atoms with Crippen LogP contribution in [-0.2, 0) is 4.79 Å². The van der Waals surface area contributed by atoms with Gasteiger partial charge in [-0.15, -0.1) is 0 Å². The minimum Gasteiger partial charge on any atom is -0.357 e. The van der Waals surface area contributed by atoms with Gasteiger partial charge in [0.05, 0.1) is 0 Å². The van der Waals surface area contributed by atoms with Gasteiger partial charge in [-0.3, -0.25) is 9.79 Å². The van der Waals surface area contributed by atoms with Crippen LogP contribution in [0.15, 0.2) is 4.99 Å². The second-order valence-corrected chi connectivity index (χ2v) is 7.38. The number of piperazine rings is 1. The monoisotopic (exact) mass is 366 g/mol. The molecule has 1 amide bonds. The number of likely N-dealkylation sites (tertiary alicyclic amines) is 1. The summed E-state index contributed by atoms with van der Waals surface area (Å²) < 4.78 is 0. The van der Waals surface area contributed by atoms with E-state index in [9.17, 15) is 4.79 Å². The van der Waals surface area contributed by atoms with Crippen molar-refractivity contribution in [2.45, 2.75) is 39.0 Å². The predicted molar refractivity (Wildman–Crippen MR) is 108 cm³/mol. The number of hydrogen-bond donors (Lipinski definition) is 2. The van der Waals surface area contributed by atoms with Crippen LogP contribution in [0, 0.1) is 0 Å². The summed E-state index contributed by atoms with van der Waals surface area (Å²) >= 11 is 0. The molecule has 2 aliphatic rings. The SMILES string of the molecule is CCNC(=NCCCN1CCCC1=O)NCCCCN1CCN(C)CC1. The van der Waals surface area contributed by atoms with E-state index >= 15 is 0 Å². The number of nitrogens with one attached hydrogen (secondary N) is 2. The van der Waals surface area contributed by atoms with Crippen molar-refractivity contribution >= 4 is 11.9 Å². The van der Waals surface area contributed by atoms with Crippen LogP contribution in [0.3, 0.4) is 0 Å². The zero-order valence-corrected chi connectivity index (χ0v) is 16.8. The van der Waals surface area contributed by atoms with E-state index in [-0.39, 0.29) is 0 Å². The molecule has 0 atom stereocenters. The fourth-order valence-corrected chi connectivity index (χ4v) is 3.47. The molecule has 0 aliphatic carbocycles. The van der Waals surface area contributed by atoms with Crippen LogP contribution < -0.4 is 10.6 Å². The molecule has 2 heterocycles. The van der Waals surface area contributed by atoms with Crippen LogP contribution in [-0.4, -0.2) is 99.1 Å². The quantitative estimate of drug-likeness (QED) is 0.336. The van der Waals surface area contributed by atoms with Gasteiger partial charge in [-0.2, -0.15) is 0 Å². The van der Waals surface area contributed by atoms with Crippen molar-refractivity contribution < 1.29 is 4.79 Å². The van der Waals surface area contributed by atoms with Gasteiger partial charge in [-0.1, -0.05) is 0 Å². The fraction of sp³-hybridized carbons (Fsp3) is 0.895. The van der Waals surface area contributed by atoms with Gasteiger partial charge < -0.3 is 25.3 Å². The third-order valence-electron chi connectivity index (χ3n) is 5.16. The Balaban J connectivity index is 1.54. The van der Waals surface area contributed by atoms with E-state index in [1.807, 2.05) is 4.90 Å². The molecular formula is C19H38N6O. The summed E-state index contributed by atoms with van der Waals surface area (Å²) in [6, 6.07) is 0. The number of likely N-dealkylation sites (N-methyl/N-ethyl adjacent to an activating group) is 1. The average molecular weight is 367 g/mol. The van der Waals surface area contributed by atoms with Crippen LogP contribution in [0.2, 0.25) is 0 Å². The second kappa shape index (κ2) is 12.1. The maximum atomic E-state index is 11.6. The van der Waals surface area contributed by atoms with E-state index in [1.165, 1.54) is 45.6 Å². The Hall–Kier alpha value is -1.34. The van der Waals surface area contributed by atoms with Crippen LogP contribution in [0.1, 0.15) is 39.0 Å². The Kier molecular flexibility index (Phi) is 9.77. The summed E-state index contributed by atoms with van der Waals surface area (Å²) in [7, 11) is 2.20. The van der Waals surface area contributed by atoms with Crippen LogP contribution in [0.5, 0.6) is 0 Å². The highest BCUT2D eigenvalue weighted by Gasteiger charge is 2.18. The molecule has 2 aliphatic heterocycles. The van der Waals surface area contributed by atoms with Gasteiger partial charge >= 0.3 is 0 Å². The molecule has 26 heavy (non-hydrogen) atoms. The molecule has 150 valence electrons. The Bertz CT molecular complexity index is 434. The Morgan fingerprint density at radius 1 is 1.04 bits per heavy atom. The molecule has 0 aromatic heterocycles. The molecule has 0 radical (unpaired) electrons. The van der Waals surface area contributed by atoms with Crippen molar-refractivity contribution in [3.05, 3.63) is 0 Å².